The molecule has 1 rings (SSSR count). The van der Waals surface area contributed by atoms with Crippen LogP contribution in [0.1, 0.15) is 219 Å². The first-order valence-corrected chi connectivity index (χ1v) is 27.9. The largest absolute Gasteiger partial charge is 0.472 e. The third-order valence-electron chi connectivity index (χ3n) is 12.2. The molecule has 0 aromatic carbocycles. The molecular weight excluding hydrogens is 876 g/mol. The molecule has 0 radical (unpaired) electrons. The highest BCUT2D eigenvalue weighted by molar-refractivity contribution is 7.47. The van der Waals surface area contributed by atoms with Crippen LogP contribution in [-0.2, 0) is 32.7 Å². The maximum absolute atomic E-state index is 12.9. The Hall–Kier alpha value is -2.19. The van der Waals surface area contributed by atoms with Crippen molar-refractivity contribution in [2.75, 3.05) is 13.2 Å². The van der Waals surface area contributed by atoms with E-state index in [0.717, 1.165) is 70.6 Å². The molecule has 8 atom stereocenters. The van der Waals surface area contributed by atoms with Crippen molar-refractivity contribution < 1.29 is 63.1 Å². The topological polar surface area (TPSA) is 210 Å². The van der Waals surface area contributed by atoms with Gasteiger partial charge in [0.25, 0.3) is 0 Å². The minimum Gasteiger partial charge on any atom is -0.462 e. The van der Waals surface area contributed by atoms with Gasteiger partial charge >= 0.3 is 19.8 Å². The Morgan fingerprint density at radius 1 is 0.463 bits per heavy atom. The third kappa shape index (κ3) is 34.7. The standard InChI is InChI=1S/C53H95O13P/c1-3-5-7-9-11-13-15-17-19-21-22-23-24-26-28-30-32-34-36-38-40-42-47(55)65-45(44-64-67(61,62)66-53-51(59)49(57)48(56)50(58)52(53)60)43-63-46(54)41-39-37-35-33-31-29-27-25-20-18-16-14-12-10-8-6-4-2/h8,10,14,16,20,25,29,31,45,48-53,56-60H,3-7,9,11-13,15,17-19,21-24,26-28,30,32-44H2,1-2H3,(H,61,62)/b10-8+,16-14+,25-20+,31-29+/t45-,48?,49-,50?,51?,52?,53?/m1/s1. The van der Waals surface area contributed by atoms with Gasteiger partial charge in [0, 0.05) is 12.8 Å². The van der Waals surface area contributed by atoms with E-state index in [1.165, 1.54) is 109 Å². The number of carbonyl (C=O) groups excluding carboxylic acids is 2. The summed E-state index contributed by atoms with van der Waals surface area (Å²) < 4.78 is 33.6. The molecule has 0 spiro atoms. The second-order valence-electron chi connectivity index (χ2n) is 18.4. The SMILES string of the molecule is CCC/C=C/C/C=C/C/C=C/C/C=C/CCCCCC(=O)OC[C@H](COP(=O)(O)OC1C(O)C(O)C(O)[C@@H](O)C1O)OC(=O)CCCCCCCCCCCCCCCCCCCCCCC. The summed E-state index contributed by atoms with van der Waals surface area (Å²) in [7, 11) is -5.13. The molecule has 0 aliphatic heterocycles. The molecule has 1 fully saturated rings. The van der Waals surface area contributed by atoms with Crippen LogP contribution in [0, 0.1) is 0 Å². The van der Waals surface area contributed by atoms with Gasteiger partial charge in [0.2, 0.25) is 0 Å². The first-order chi connectivity index (χ1) is 32.4. The van der Waals surface area contributed by atoms with E-state index in [1.54, 1.807) is 0 Å². The number of aliphatic hydroxyl groups excluding tert-OH is 5. The molecule has 390 valence electrons. The number of aliphatic hydroxyl groups is 5. The second kappa shape index (κ2) is 42.7. The smallest absolute Gasteiger partial charge is 0.462 e. The van der Waals surface area contributed by atoms with Gasteiger partial charge < -0.3 is 39.9 Å². The predicted octanol–water partition coefficient (Wildman–Crippen LogP) is 11.5. The van der Waals surface area contributed by atoms with Crippen molar-refractivity contribution in [1.82, 2.24) is 0 Å². The van der Waals surface area contributed by atoms with Crippen molar-refractivity contribution in [3.05, 3.63) is 48.6 Å². The molecule has 1 saturated carbocycles. The zero-order chi connectivity index (χ0) is 49.2. The van der Waals surface area contributed by atoms with Crippen LogP contribution >= 0.6 is 7.82 Å². The van der Waals surface area contributed by atoms with Crippen LogP contribution in [0.15, 0.2) is 48.6 Å². The number of ether oxygens (including phenoxy) is 2. The van der Waals surface area contributed by atoms with E-state index in [1.807, 2.05) is 0 Å². The Labute approximate surface area is 405 Å². The van der Waals surface area contributed by atoms with E-state index in [0.29, 0.717) is 12.8 Å². The van der Waals surface area contributed by atoms with Crippen LogP contribution in [0.25, 0.3) is 0 Å². The van der Waals surface area contributed by atoms with E-state index >= 15 is 0 Å². The first kappa shape index (κ1) is 62.8. The summed E-state index contributed by atoms with van der Waals surface area (Å²) in [5.41, 5.74) is 0. The molecule has 0 amide bonds. The number of allylic oxidation sites excluding steroid dienone is 8. The summed E-state index contributed by atoms with van der Waals surface area (Å²) >= 11 is 0. The summed E-state index contributed by atoms with van der Waals surface area (Å²) in [5, 5.41) is 50.3. The highest BCUT2D eigenvalue weighted by Gasteiger charge is 2.51. The van der Waals surface area contributed by atoms with Crippen LogP contribution in [0.3, 0.4) is 0 Å². The van der Waals surface area contributed by atoms with Crippen molar-refractivity contribution in [2.45, 2.75) is 262 Å². The molecule has 6 unspecified atom stereocenters. The summed E-state index contributed by atoms with van der Waals surface area (Å²) in [6, 6.07) is 0. The zero-order valence-corrected chi connectivity index (χ0v) is 42.6. The molecule has 0 bridgehead atoms. The van der Waals surface area contributed by atoms with Crippen molar-refractivity contribution in [1.29, 1.82) is 0 Å². The van der Waals surface area contributed by atoms with Crippen LogP contribution in [-0.4, -0.2) is 98.3 Å². The van der Waals surface area contributed by atoms with Gasteiger partial charge in [-0.05, 0) is 51.4 Å². The lowest BCUT2D eigenvalue weighted by Gasteiger charge is -2.41. The number of rotatable bonds is 44. The lowest BCUT2D eigenvalue weighted by atomic mass is 9.85. The highest BCUT2D eigenvalue weighted by Crippen LogP contribution is 2.47. The average Bonchev–Trinajstić information content (AvgIpc) is 3.31. The monoisotopic (exact) mass is 971 g/mol. The Balaban J connectivity index is 2.39. The molecule has 0 saturated heterocycles. The van der Waals surface area contributed by atoms with Crippen molar-refractivity contribution >= 4 is 19.8 Å². The van der Waals surface area contributed by atoms with Gasteiger partial charge in [-0.3, -0.25) is 18.6 Å². The number of carbonyl (C=O) groups is 2. The number of hydrogen-bond acceptors (Lipinski definition) is 12. The van der Waals surface area contributed by atoms with E-state index in [-0.39, 0.29) is 12.8 Å². The Kier molecular flexibility index (Phi) is 40.0. The fourth-order valence-electron chi connectivity index (χ4n) is 7.93. The van der Waals surface area contributed by atoms with Gasteiger partial charge in [-0.1, -0.05) is 204 Å². The first-order valence-electron chi connectivity index (χ1n) is 26.4. The highest BCUT2D eigenvalue weighted by atomic mass is 31.2. The van der Waals surface area contributed by atoms with E-state index < -0.39 is 75.7 Å². The lowest BCUT2D eigenvalue weighted by molar-refractivity contribution is -0.220. The van der Waals surface area contributed by atoms with E-state index in [2.05, 4.69) is 62.5 Å². The van der Waals surface area contributed by atoms with Crippen molar-refractivity contribution in [3.8, 4) is 0 Å². The molecule has 67 heavy (non-hydrogen) atoms. The van der Waals surface area contributed by atoms with E-state index in [9.17, 15) is 44.6 Å². The van der Waals surface area contributed by atoms with Gasteiger partial charge in [0.1, 0.15) is 43.2 Å². The molecule has 6 N–H and O–H groups in total. The summed E-state index contributed by atoms with van der Waals surface area (Å²) in [6.07, 6.45) is 38.7. The number of phosphoric ester groups is 1. The number of unbranched alkanes of at least 4 members (excludes halogenated alkanes) is 24. The van der Waals surface area contributed by atoms with Crippen molar-refractivity contribution in [2.24, 2.45) is 0 Å². The van der Waals surface area contributed by atoms with Gasteiger partial charge in [-0.25, -0.2) is 4.57 Å². The number of hydrogen-bond donors (Lipinski definition) is 6. The molecule has 1 aliphatic carbocycles. The van der Waals surface area contributed by atoms with Crippen LogP contribution in [0.4, 0.5) is 0 Å². The van der Waals surface area contributed by atoms with Crippen LogP contribution in [0.5, 0.6) is 0 Å². The lowest BCUT2D eigenvalue weighted by Crippen LogP contribution is -2.64. The molecule has 0 heterocycles. The molecular formula is C53H95O13P. The number of phosphoric acid groups is 1. The minimum atomic E-state index is -5.13. The van der Waals surface area contributed by atoms with Crippen LogP contribution in [0.2, 0.25) is 0 Å². The third-order valence-corrected chi connectivity index (χ3v) is 13.1. The Morgan fingerprint density at radius 3 is 1.28 bits per heavy atom. The minimum absolute atomic E-state index is 0.0919. The van der Waals surface area contributed by atoms with Gasteiger partial charge in [0.05, 0.1) is 6.61 Å². The van der Waals surface area contributed by atoms with Gasteiger partial charge in [-0.2, -0.15) is 0 Å². The fraction of sp³-hybridized carbons (Fsp3) is 0.811. The Bertz CT molecular complexity index is 1350. The molecule has 14 heteroatoms. The van der Waals surface area contributed by atoms with Crippen LogP contribution < -0.4 is 0 Å². The van der Waals surface area contributed by atoms with Gasteiger partial charge in [0.15, 0.2) is 6.10 Å². The average molecular weight is 971 g/mol. The molecule has 13 nitrogen and oxygen atoms in total. The predicted molar refractivity (Wildman–Crippen MR) is 267 cm³/mol. The maximum Gasteiger partial charge on any atom is 0.472 e. The second-order valence-corrected chi connectivity index (χ2v) is 19.8. The molecule has 0 aromatic heterocycles. The normalized spacial score (nSPS) is 21.5. The van der Waals surface area contributed by atoms with E-state index in [4.69, 9.17) is 18.5 Å². The number of esters is 2. The zero-order valence-electron chi connectivity index (χ0n) is 41.7. The fourth-order valence-corrected chi connectivity index (χ4v) is 8.90. The maximum atomic E-state index is 12.9. The molecule has 1 aliphatic rings. The Morgan fingerprint density at radius 2 is 0.836 bits per heavy atom. The van der Waals surface area contributed by atoms with Crippen molar-refractivity contribution in [3.63, 3.8) is 0 Å². The summed E-state index contributed by atoms with van der Waals surface area (Å²) in [4.78, 5) is 35.8. The molecule has 0 aromatic rings. The summed E-state index contributed by atoms with van der Waals surface area (Å²) in [6.45, 7) is 3.24. The quantitative estimate of drug-likeness (QED) is 0.0145. The summed E-state index contributed by atoms with van der Waals surface area (Å²) in [5.74, 6) is -1.13. The van der Waals surface area contributed by atoms with Gasteiger partial charge in [-0.15, -0.1) is 0 Å².